The molecule has 1 fully saturated rings. The SMILES string of the molecule is CCCC(=O)NC[C@H]1CCCN(C(=O)c2ccc(C)cc2)C1. The third kappa shape index (κ3) is 4.58. The summed E-state index contributed by atoms with van der Waals surface area (Å²) in [6, 6.07) is 7.73. The van der Waals surface area contributed by atoms with Gasteiger partial charge in [-0.05, 0) is 44.2 Å². The van der Waals surface area contributed by atoms with Crippen molar-refractivity contribution in [3.05, 3.63) is 35.4 Å². The molecule has 1 saturated heterocycles. The van der Waals surface area contributed by atoms with Gasteiger partial charge in [0.05, 0.1) is 0 Å². The van der Waals surface area contributed by atoms with Crippen LogP contribution in [0.25, 0.3) is 0 Å². The van der Waals surface area contributed by atoms with Crippen molar-refractivity contribution in [2.24, 2.45) is 5.92 Å². The van der Waals surface area contributed by atoms with Gasteiger partial charge >= 0.3 is 0 Å². The predicted octanol–water partition coefficient (Wildman–Crippen LogP) is 2.76. The minimum absolute atomic E-state index is 0.101. The van der Waals surface area contributed by atoms with Gasteiger partial charge in [0.2, 0.25) is 5.91 Å². The van der Waals surface area contributed by atoms with Crippen molar-refractivity contribution >= 4 is 11.8 Å². The average Bonchev–Trinajstić information content (AvgIpc) is 2.53. The number of amides is 2. The highest BCUT2D eigenvalue weighted by molar-refractivity contribution is 5.94. The lowest BCUT2D eigenvalue weighted by Gasteiger charge is -2.33. The standard InChI is InChI=1S/C18H26N2O2/c1-3-5-17(21)19-12-15-6-4-11-20(13-15)18(22)16-9-7-14(2)8-10-16/h7-10,15H,3-6,11-13H2,1-2H3,(H,19,21)/t15-/m1/s1. The summed E-state index contributed by atoms with van der Waals surface area (Å²) < 4.78 is 0. The van der Waals surface area contributed by atoms with Gasteiger partial charge in [-0.2, -0.15) is 0 Å². The Balaban J connectivity index is 1.88. The van der Waals surface area contributed by atoms with Gasteiger partial charge < -0.3 is 10.2 Å². The van der Waals surface area contributed by atoms with Crippen molar-refractivity contribution in [2.75, 3.05) is 19.6 Å². The van der Waals surface area contributed by atoms with Crippen LogP contribution in [0.4, 0.5) is 0 Å². The van der Waals surface area contributed by atoms with Crippen molar-refractivity contribution in [1.82, 2.24) is 10.2 Å². The monoisotopic (exact) mass is 302 g/mol. The van der Waals surface area contributed by atoms with E-state index < -0.39 is 0 Å². The molecule has 1 aliphatic rings. The maximum atomic E-state index is 12.5. The van der Waals surface area contributed by atoms with E-state index in [-0.39, 0.29) is 11.8 Å². The van der Waals surface area contributed by atoms with Gasteiger partial charge in [-0.3, -0.25) is 9.59 Å². The van der Waals surface area contributed by atoms with E-state index in [9.17, 15) is 9.59 Å². The van der Waals surface area contributed by atoms with Crippen molar-refractivity contribution in [3.63, 3.8) is 0 Å². The molecule has 22 heavy (non-hydrogen) atoms. The summed E-state index contributed by atoms with van der Waals surface area (Å²) in [5.74, 6) is 0.582. The highest BCUT2D eigenvalue weighted by atomic mass is 16.2. The summed E-state index contributed by atoms with van der Waals surface area (Å²) in [5.41, 5.74) is 1.91. The van der Waals surface area contributed by atoms with Crippen LogP contribution < -0.4 is 5.32 Å². The van der Waals surface area contributed by atoms with E-state index in [0.29, 0.717) is 18.9 Å². The number of nitrogens with zero attached hydrogens (tertiary/aromatic N) is 1. The van der Waals surface area contributed by atoms with E-state index in [1.54, 1.807) is 0 Å². The lowest BCUT2D eigenvalue weighted by Crippen LogP contribution is -2.43. The topological polar surface area (TPSA) is 49.4 Å². The number of aryl methyl sites for hydroxylation is 1. The first-order valence-corrected chi connectivity index (χ1v) is 8.22. The summed E-state index contributed by atoms with van der Waals surface area (Å²) in [6.45, 7) is 6.24. The van der Waals surface area contributed by atoms with E-state index in [4.69, 9.17) is 0 Å². The third-order valence-electron chi connectivity index (χ3n) is 4.17. The highest BCUT2D eigenvalue weighted by Crippen LogP contribution is 2.18. The normalized spacial score (nSPS) is 18.1. The largest absolute Gasteiger partial charge is 0.356 e. The van der Waals surface area contributed by atoms with Gasteiger partial charge in [-0.15, -0.1) is 0 Å². The first-order chi connectivity index (χ1) is 10.6. The molecule has 1 aromatic rings. The molecule has 120 valence electrons. The fourth-order valence-electron chi connectivity index (χ4n) is 2.87. The number of benzene rings is 1. The molecule has 0 radical (unpaired) electrons. The molecule has 0 spiro atoms. The molecule has 0 aliphatic carbocycles. The summed E-state index contributed by atoms with van der Waals surface area (Å²) in [7, 11) is 0. The molecule has 1 aliphatic heterocycles. The van der Waals surface area contributed by atoms with Crippen LogP contribution in [0.1, 0.15) is 48.5 Å². The number of hydrogen-bond acceptors (Lipinski definition) is 2. The average molecular weight is 302 g/mol. The van der Waals surface area contributed by atoms with Gasteiger partial charge in [-0.25, -0.2) is 0 Å². The summed E-state index contributed by atoms with van der Waals surface area (Å²) in [5, 5.41) is 2.98. The number of hydrogen-bond donors (Lipinski definition) is 1. The number of carbonyl (C=O) groups is 2. The summed E-state index contributed by atoms with van der Waals surface area (Å²) >= 11 is 0. The highest BCUT2D eigenvalue weighted by Gasteiger charge is 2.24. The van der Waals surface area contributed by atoms with Gasteiger partial charge in [0, 0.05) is 31.6 Å². The molecule has 0 unspecified atom stereocenters. The first kappa shape index (κ1) is 16.5. The van der Waals surface area contributed by atoms with Crippen LogP contribution in [0.2, 0.25) is 0 Å². The number of rotatable bonds is 5. The molecule has 0 saturated carbocycles. The quantitative estimate of drug-likeness (QED) is 0.909. The summed E-state index contributed by atoms with van der Waals surface area (Å²) in [4.78, 5) is 26.0. The number of piperidine rings is 1. The zero-order valence-electron chi connectivity index (χ0n) is 13.6. The maximum absolute atomic E-state index is 12.5. The maximum Gasteiger partial charge on any atom is 0.253 e. The van der Waals surface area contributed by atoms with Gasteiger partial charge in [0.25, 0.3) is 5.91 Å². The second-order valence-electron chi connectivity index (χ2n) is 6.18. The van der Waals surface area contributed by atoms with Crippen molar-refractivity contribution in [2.45, 2.75) is 39.5 Å². The van der Waals surface area contributed by atoms with Crippen LogP contribution in [-0.2, 0) is 4.79 Å². The molecule has 4 nitrogen and oxygen atoms in total. The second kappa shape index (κ2) is 7.97. The van der Waals surface area contributed by atoms with Gasteiger partial charge in [0.15, 0.2) is 0 Å². The second-order valence-corrected chi connectivity index (χ2v) is 6.18. The van der Waals surface area contributed by atoms with E-state index in [2.05, 4.69) is 5.32 Å². The molecular formula is C18H26N2O2. The predicted molar refractivity (Wildman–Crippen MR) is 87.7 cm³/mol. The van der Waals surface area contributed by atoms with Crippen molar-refractivity contribution in [3.8, 4) is 0 Å². The Bertz CT molecular complexity index is 510. The van der Waals surface area contributed by atoms with Crippen LogP contribution in [0.5, 0.6) is 0 Å². The summed E-state index contributed by atoms with van der Waals surface area (Å²) in [6.07, 6.45) is 3.53. The Morgan fingerprint density at radius 3 is 2.68 bits per heavy atom. The molecule has 0 aromatic heterocycles. The molecule has 2 rings (SSSR count). The Labute approximate surface area is 132 Å². The lowest BCUT2D eigenvalue weighted by atomic mass is 9.97. The van der Waals surface area contributed by atoms with Gasteiger partial charge in [-0.1, -0.05) is 24.6 Å². The van der Waals surface area contributed by atoms with E-state index in [1.807, 2.05) is 43.0 Å². The van der Waals surface area contributed by atoms with Crippen LogP contribution in [0.3, 0.4) is 0 Å². The fraction of sp³-hybridized carbons (Fsp3) is 0.556. The number of carbonyl (C=O) groups excluding carboxylic acids is 2. The molecule has 2 amide bonds. The third-order valence-corrected chi connectivity index (χ3v) is 4.17. The Morgan fingerprint density at radius 2 is 2.00 bits per heavy atom. The van der Waals surface area contributed by atoms with E-state index in [0.717, 1.165) is 43.5 Å². The Kier molecular flexibility index (Phi) is 5.99. The smallest absolute Gasteiger partial charge is 0.253 e. The zero-order chi connectivity index (χ0) is 15.9. The fourth-order valence-corrected chi connectivity index (χ4v) is 2.87. The lowest BCUT2D eigenvalue weighted by molar-refractivity contribution is -0.121. The molecule has 0 bridgehead atoms. The van der Waals surface area contributed by atoms with Crippen LogP contribution in [-0.4, -0.2) is 36.3 Å². The van der Waals surface area contributed by atoms with Crippen LogP contribution >= 0.6 is 0 Å². The Morgan fingerprint density at radius 1 is 1.27 bits per heavy atom. The first-order valence-electron chi connectivity index (χ1n) is 8.22. The van der Waals surface area contributed by atoms with Crippen LogP contribution in [0.15, 0.2) is 24.3 Å². The van der Waals surface area contributed by atoms with Gasteiger partial charge in [0.1, 0.15) is 0 Å². The molecule has 1 aromatic carbocycles. The molecule has 1 heterocycles. The molecule has 4 heteroatoms. The van der Waals surface area contributed by atoms with Crippen molar-refractivity contribution in [1.29, 1.82) is 0 Å². The molecule has 1 atom stereocenters. The van der Waals surface area contributed by atoms with Crippen LogP contribution in [0, 0.1) is 12.8 Å². The zero-order valence-corrected chi connectivity index (χ0v) is 13.6. The number of nitrogens with one attached hydrogen (secondary N) is 1. The Hall–Kier alpha value is -1.84. The van der Waals surface area contributed by atoms with E-state index in [1.165, 1.54) is 0 Å². The molecule has 1 N–H and O–H groups in total. The minimum Gasteiger partial charge on any atom is -0.356 e. The molecular weight excluding hydrogens is 276 g/mol. The van der Waals surface area contributed by atoms with E-state index >= 15 is 0 Å². The van der Waals surface area contributed by atoms with Crippen molar-refractivity contribution < 1.29 is 9.59 Å². The number of likely N-dealkylation sites (tertiary alicyclic amines) is 1. The minimum atomic E-state index is 0.101.